The van der Waals surface area contributed by atoms with Gasteiger partial charge in [-0.25, -0.2) is 4.79 Å². The molecule has 0 atom stereocenters. The van der Waals surface area contributed by atoms with Crippen molar-refractivity contribution < 1.29 is 4.79 Å². The molecule has 0 saturated carbocycles. The number of hydrogen-bond acceptors (Lipinski definition) is 3. The number of imidazole rings is 1. The fourth-order valence-corrected chi connectivity index (χ4v) is 2.19. The predicted molar refractivity (Wildman–Crippen MR) is 74.9 cm³/mol. The molecule has 0 aliphatic carbocycles. The van der Waals surface area contributed by atoms with Gasteiger partial charge in [0.05, 0.1) is 22.3 Å². The number of nitrogens with one attached hydrogen (secondary N) is 4. The first kappa shape index (κ1) is 12.2. The number of benzene rings is 1. The molecule has 0 unspecified atom stereocenters. The van der Waals surface area contributed by atoms with Crippen LogP contribution in [0.25, 0.3) is 11.0 Å². The van der Waals surface area contributed by atoms with E-state index in [0.29, 0.717) is 28.0 Å². The SMILES string of the molecule is Cc1n[nH]c(C)c1C(=O)Nc1ccc2[nH]c(=O)[nH]c2c1. The highest BCUT2D eigenvalue weighted by atomic mass is 16.2. The Morgan fingerprint density at radius 2 is 1.95 bits per heavy atom. The summed E-state index contributed by atoms with van der Waals surface area (Å²) in [6, 6.07) is 5.17. The molecule has 3 rings (SSSR count). The molecule has 2 heterocycles. The molecule has 7 heteroatoms. The van der Waals surface area contributed by atoms with Crippen LogP contribution in [0.4, 0.5) is 5.69 Å². The Kier molecular flexibility index (Phi) is 2.67. The minimum absolute atomic E-state index is 0.231. The van der Waals surface area contributed by atoms with Crippen LogP contribution in [0.15, 0.2) is 23.0 Å². The Bertz CT molecular complexity index is 836. The Morgan fingerprint density at radius 1 is 1.20 bits per heavy atom. The van der Waals surface area contributed by atoms with Gasteiger partial charge in [-0.3, -0.25) is 9.89 Å². The minimum Gasteiger partial charge on any atom is -0.322 e. The van der Waals surface area contributed by atoms with Gasteiger partial charge in [0.15, 0.2) is 0 Å². The van der Waals surface area contributed by atoms with Crippen molar-refractivity contribution >= 4 is 22.6 Å². The molecule has 2 aromatic heterocycles. The number of aromatic nitrogens is 4. The van der Waals surface area contributed by atoms with Crippen LogP contribution in [-0.4, -0.2) is 26.1 Å². The molecular formula is C13H13N5O2. The summed E-state index contributed by atoms with van der Waals surface area (Å²) in [5.74, 6) is -0.231. The van der Waals surface area contributed by atoms with Crippen LogP contribution in [-0.2, 0) is 0 Å². The standard InChI is InChI=1S/C13H13N5O2/c1-6-11(7(2)18-17-6)12(19)14-8-3-4-9-10(5-8)16-13(20)15-9/h3-5H,1-2H3,(H,14,19)(H,17,18)(H2,15,16,20). The van der Waals surface area contributed by atoms with Crippen molar-refractivity contribution in [2.75, 3.05) is 5.32 Å². The molecule has 102 valence electrons. The van der Waals surface area contributed by atoms with Crippen molar-refractivity contribution in [3.05, 3.63) is 45.6 Å². The number of fused-ring (bicyclic) bond motifs is 1. The largest absolute Gasteiger partial charge is 0.323 e. The minimum atomic E-state index is -0.273. The van der Waals surface area contributed by atoms with E-state index in [9.17, 15) is 9.59 Å². The zero-order valence-corrected chi connectivity index (χ0v) is 11.0. The summed E-state index contributed by atoms with van der Waals surface area (Å²) in [7, 11) is 0. The molecular weight excluding hydrogens is 258 g/mol. The number of hydrogen-bond donors (Lipinski definition) is 4. The molecule has 4 N–H and O–H groups in total. The summed E-state index contributed by atoms with van der Waals surface area (Å²) in [4.78, 5) is 28.7. The maximum atomic E-state index is 12.2. The van der Waals surface area contributed by atoms with Crippen LogP contribution < -0.4 is 11.0 Å². The van der Waals surface area contributed by atoms with Gasteiger partial charge in [0.1, 0.15) is 0 Å². The Labute approximate surface area is 113 Å². The molecule has 0 aliphatic rings. The smallest absolute Gasteiger partial charge is 0.322 e. The zero-order valence-electron chi connectivity index (χ0n) is 11.0. The molecule has 0 aliphatic heterocycles. The number of rotatable bonds is 2. The van der Waals surface area contributed by atoms with Gasteiger partial charge < -0.3 is 15.3 Å². The molecule has 0 radical (unpaired) electrons. The first-order valence-corrected chi connectivity index (χ1v) is 6.09. The normalized spacial score (nSPS) is 10.9. The lowest BCUT2D eigenvalue weighted by molar-refractivity contribution is 0.102. The third kappa shape index (κ3) is 1.99. The molecule has 0 spiro atoms. The number of anilines is 1. The first-order chi connectivity index (χ1) is 9.54. The van der Waals surface area contributed by atoms with Crippen LogP contribution >= 0.6 is 0 Å². The van der Waals surface area contributed by atoms with Crippen molar-refractivity contribution in [1.29, 1.82) is 0 Å². The van der Waals surface area contributed by atoms with E-state index < -0.39 is 0 Å². The lowest BCUT2D eigenvalue weighted by Gasteiger charge is -2.05. The number of carbonyl (C=O) groups is 1. The number of amides is 1. The second kappa shape index (κ2) is 4.37. The fraction of sp³-hybridized carbons (Fsp3) is 0.154. The summed E-state index contributed by atoms with van der Waals surface area (Å²) in [5.41, 5.74) is 3.58. The maximum Gasteiger partial charge on any atom is 0.323 e. The third-order valence-electron chi connectivity index (χ3n) is 3.13. The molecule has 20 heavy (non-hydrogen) atoms. The first-order valence-electron chi connectivity index (χ1n) is 6.09. The molecule has 7 nitrogen and oxygen atoms in total. The van der Waals surface area contributed by atoms with Crippen LogP contribution in [0.5, 0.6) is 0 Å². The van der Waals surface area contributed by atoms with E-state index in [1.807, 2.05) is 0 Å². The van der Waals surface area contributed by atoms with E-state index in [1.165, 1.54) is 0 Å². The lowest BCUT2D eigenvalue weighted by atomic mass is 10.2. The van der Waals surface area contributed by atoms with Crippen LogP contribution in [0, 0.1) is 13.8 Å². The fourth-order valence-electron chi connectivity index (χ4n) is 2.19. The van der Waals surface area contributed by atoms with Gasteiger partial charge in [-0.2, -0.15) is 5.10 Å². The molecule has 0 saturated heterocycles. The highest BCUT2D eigenvalue weighted by molar-refractivity contribution is 6.06. The van der Waals surface area contributed by atoms with Crippen LogP contribution in [0.3, 0.4) is 0 Å². The number of aryl methyl sites for hydroxylation is 2. The summed E-state index contributed by atoms with van der Waals surface area (Å²) < 4.78 is 0. The molecule has 1 amide bonds. The van der Waals surface area contributed by atoms with Gasteiger partial charge in [0, 0.05) is 11.4 Å². The second-order valence-electron chi connectivity index (χ2n) is 4.60. The summed E-state index contributed by atoms with van der Waals surface area (Å²) in [6.45, 7) is 3.56. The average Bonchev–Trinajstić information content (AvgIpc) is 2.91. The highest BCUT2D eigenvalue weighted by Gasteiger charge is 2.15. The van der Waals surface area contributed by atoms with Gasteiger partial charge in [-0.15, -0.1) is 0 Å². The quantitative estimate of drug-likeness (QED) is 0.566. The van der Waals surface area contributed by atoms with Crippen molar-refractivity contribution in [3.8, 4) is 0 Å². The van der Waals surface area contributed by atoms with Gasteiger partial charge in [0.2, 0.25) is 0 Å². The number of nitrogens with zero attached hydrogens (tertiary/aromatic N) is 1. The van der Waals surface area contributed by atoms with Gasteiger partial charge >= 0.3 is 5.69 Å². The van der Waals surface area contributed by atoms with Gasteiger partial charge in [-0.1, -0.05) is 0 Å². The maximum absolute atomic E-state index is 12.2. The van der Waals surface area contributed by atoms with E-state index in [4.69, 9.17) is 0 Å². The van der Waals surface area contributed by atoms with Crippen molar-refractivity contribution in [3.63, 3.8) is 0 Å². The Balaban J connectivity index is 1.93. The monoisotopic (exact) mass is 271 g/mol. The van der Waals surface area contributed by atoms with Crippen molar-refractivity contribution in [1.82, 2.24) is 20.2 Å². The zero-order chi connectivity index (χ0) is 14.3. The lowest BCUT2D eigenvalue weighted by Crippen LogP contribution is -2.13. The number of aromatic amines is 3. The Morgan fingerprint density at radius 3 is 2.65 bits per heavy atom. The van der Waals surface area contributed by atoms with E-state index in [0.717, 1.165) is 5.69 Å². The van der Waals surface area contributed by atoms with Crippen molar-refractivity contribution in [2.45, 2.75) is 13.8 Å². The van der Waals surface area contributed by atoms with Crippen LogP contribution in [0.1, 0.15) is 21.7 Å². The highest BCUT2D eigenvalue weighted by Crippen LogP contribution is 2.17. The van der Waals surface area contributed by atoms with Crippen LogP contribution in [0.2, 0.25) is 0 Å². The van der Waals surface area contributed by atoms with E-state index in [-0.39, 0.29) is 11.6 Å². The number of carbonyl (C=O) groups excluding carboxylic acids is 1. The summed E-state index contributed by atoms with van der Waals surface area (Å²) in [6.07, 6.45) is 0. The topological polar surface area (TPSA) is 106 Å². The molecule has 1 aromatic carbocycles. The van der Waals surface area contributed by atoms with Gasteiger partial charge in [0.25, 0.3) is 5.91 Å². The number of H-pyrrole nitrogens is 3. The second-order valence-corrected chi connectivity index (χ2v) is 4.60. The molecule has 3 aromatic rings. The van der Waals surface area contributed by atoms with E-state index >= 15 is 0 Å². The predicted octanol–water partition coefficient (Wildman–Crippen LogP) is 1.45. The van der Waals surface area contributed by atoms with Gasteiger partial charge in [-0.05, 0) is 32.0 Å². The van der Waals surface area contributed by atoms with Crippen molar-refractivity contribution in [2.24, 2.45) is 0 Å². The van der Waals surface area contributed by atoms with E-state index in [2.05, 4.69) is 25.5 Å². The third-order valence-corrected chi connectivity index (χ3v) is 3.13. The molecule has 0 bridgehead atoms. The molecule has 0 fully saturated rings. The van der Waals surface area contributed by atoms with E-state index in [1.54, 1.807) is 32.0 Å². The summed E-state index contributed by atoms with van der Waals surface area (Å²) in [5, 5.41) is 9.56. The Hall–Kier alpha value is -2.83. The summed E-state index contributed by atoms with van der Waals surface area (Å²) >= 11 is 0. The average molecular weight is 271 g/mol.